The maximum atomic E-state index is 11.1. The zero-order chi connectivity index (χ0) is 19.7. The van der Waals surface area contributed by atoms with E-state index in [2.05, 4.69) is 17.9 Å². The minimum Gasteiger partial charge on any atom is -0.463 e. The predicted molar refractivity (Wildman–Crippen MR) is 98.0 cm³/mol. The number of carbonyl (C=O) groups is 2. The molecule has 0 unspecified atom stereocenters. The lowest BCUT2D eigenvalue weighted by Crippen LogP contribution is -2.42. The number of esters is 2. The van der Waals surface area contributed by atoms with Crippen LogP contribution in [0.1, 0.15) is 33.1 Å². The number of hydrogen-bond donors (Lipinski definition) is 0. The molecule has 0 aliphatic rings. The predicted octanol–water partition coefficient (Wildman–Crippen LogP) is 2.89. The molecule has 0 heterocycles. The van der Waals surface area contributed by atoms with Crippen molar-refractivity contribution in [1.29, 1.82) is 0 Å². The largest absolute Gasteiger partial charge is 0.500 e. The summed E-state index contributed by atoms with van der Waals surface area (Å²) in [6.07, 6.45) is 3.79. The molecule has 0 aromatic heterocycles. The average Bonchev–Trinajstić information content (AvgIpc) is 2.62. The van der Waals surface area contributed by atoms with Crippen LogP contribution in [-0.4, -0.2) is 55.3 Å². The van der Waals surface area contributed by atoms with Crippen LogP contribution in [0.3, 0.4) is 0 Å². The Labute approximate surface area is 152 Å². The van der Waals surface area contributed by atoms with Crippen molar-refractivity contribution >= 4 is 20.7 Å². The van der Waals surface area contributed by atoms with Crippen LogP contribution in [0.2, 0.25) is 6.04 Å². The van der Waals surface area contributed by atoms with Gasteiger partial charge >= 0.3 is 20.7 Å². The fraction of sp³-hybridized carbons (Fsp3) is 0.647. The summed E-state index contributed by atoms with van der Waals surface area (Å²) >= 11 is 0. The van der Waals surface area contributed by atoms with Crippen LogP contribution in [0.25, 0.3) is 0 Å². The summed E-state index contributed by atoms with van der Waals surface area (Å²) in [6, 6.07) is 0.611. The van der Waals surface area contributed by atoms with Crippen LogP contribution in [0.5, 0.6) is 0 Å². The summed E-state index contributed by atoms with van der Waals surface area (Å²) in [5.74, 6) is -0.706. The highest BCUT2D eigenvalue weighted by molar-refractivity contribution is 6.60. The highest BCUT2D eigenvalue weighted by atomic mass is 28.4. The standard InChI is InChI=1S/C10H20O5Si.C7H12O2/c1-9(2)10(11)15-7-6-8-16(12-3,13-4)14-5;1-3-5-6-9-7(8)4-2/h1,6-8H2,2-5H3;4H,2-3,5-6H2,1H3. The zero-order valence-corrected chi connectivity index (χ0v) is 17.1. The van der Waals surface area contributed by atoms with Crippen LogP contribution >= 0.6 is 0 Å². The van der Waals surface area contributed by atoms with Gasteiger partial charge in [0.2, 0.25) is 0 Å². The smallest absolute Gasteiger partial charge is 0.463 e. The van der Waals surface area contributed by atoms with E-state index in [9.17, 15) is 9.59 Å². The molecule has 0 rings (SSSR count). The van der Waals surface area contributed by atoms with Gasteiger partial charge in [-0.15, -0.1) is 0 Å². The molecule has 0 radical (unpaired) electrons. The molecule has 0 bridgehead atoms. The van der Waals surface area contributed by atoms with Crippen LogP contribution in [0.15, 0.2) is 24.8 Å². The molecule has 0 aliphatic carbocycles. The van der Waals surface area contributed by atoms with Crippen molar-refractivity contribution < 1.29 is 32.3 Å². The maximum absolute atomic E-state index is 11.1. The quantitative estimate of drug-likeness (QED) is 0.224. The Morgan fingerprint density at radius 1 is 1.00 bits per heavy atom. The Morgan fingerprint density at radius 3 is 1.92 bits per heavy atom. The van der Waals surface area contributed by atoms with Crippen LogP contribution in [0, 0.1) is 0 Å². The summed E-state index contributed by atoms with van der Waals surface area (Å²) < 4.78 is 25.3. The van der Waals surface area contributed by atoms with E-state index in [0.29, 0.717) is 31.3 Å². The second-order valence-electron chi connectivity index (χ2n) is 5.04. The highest BCUT2D eigenvalue weighted by Gasteiger charge is 2.36. The first kappa shape index (κ1) is 25.8. The normalized spacial score (nSPS) is 10.3. The number of unbranched alkanes of at least 4 members (excludes halogenated alkanes) is 1. The second-order valence-corrected chi connectivity index (χ2v) is 8.13. The minimum atomic E-state index is -2.53. The van der Waals surface area contributed by atoms with E-state index in [1.165, 1.54) is 6.08 Å². The SMILES string of the molecule is C=C(C)C(=O)OCCC[Si](OC)(OC)OC.C=CC(=O)OCCCC. The lowest BCUT2D eigenvalue weighted by molar-refractivity contribution is -0.139. The van der Waals surface area contributed by atoms with Crippen LogP contribution in [0.4, 0.5) is 0 Å². The summed E-state index contributed by atoms with van der Waals surface area (Å²) in [5.41, 5.74) is 0.397. The molecule has 0 aliphatic heterocycles. The van der Waals surface area contributed by atoms with E-state index in [0.717, 1.165) is 12.8 Å². The topological polar surface area (TPSA) is 80.3 Å². The van der Waals surface area contributed by atoms with Crippen molar-refractivity contribution in [1.82, 2.24) is 0 Å². The monoisotopic (exact) mass is 376 g/mol. The van der Waals surface area contributed by atoms with Crippen LogP contribution in [-0.2, 0) is 32.3 Å². The molecule has 0 aromatic carbocycles. The molecule has 7 nitrogen and oxygen atoms in total. The van der Waals surface area contributed by atoms with Crippen molar-refractivity contribution in [3.8, 4) is 0 Å². The van der Waals surface area contributed by atoms with Gasteiger partial charge < -0.3 is 22.8 Å². The molecule has 0 saturated carbocycles. The van der Waals surface area contributed by atoms with Gasteiger partial charge in [-0.25, -0.2) is 9.59 Å². The third-order valence-corrected chi connectivity index (χ3v) is 5.88. The van der Waals surface area contributed by atoms with Crippen molar-refractivity contribution in [2.75, 3.05) is 34.5 Å². The lowest BCUT2D eigenvalue weighted by Gasteiger charge is -2.24. The van der Waals surface area contributed by atoms with Gasteiger partial charge in [0, 0.05) is 39.0 Å². The Bertz CT molecular complexity index is 398. The molecule has 0 amide bonds. The zero-order valence-electron chi connectivity index (χ0n) is 16.1. The maximum Gasteiger partial charge on any atom is 0.500 e. The van der Waals surface area contributed by atoms with Gasteiger partial charge in [0.05, 0.1) is 13.2 Å². The Kier molecular flexibility index (Phi) is 16.5. The third-order valence-electron chi connectivity index (χ3n) is 3.05. The van der Waals surface area contributed by atoms with E-state index in [4.69, 9.17) is 18.0 Å². The molecule has 146 valence electrons. The first-order chi connectivity index (χ1) is 11.8. The van der Waals surface area contributed by atoms with Crippen molar-refractivity contribution in [2.45, 2.75) is 39.2 Å². The van der Waals surface area contributed by atoms with Gasteiger partial charge in [-0.05, 0) is 19.8 Å². The Balaban J connectivity index is 0. The second kappa shape index (κ2) is 16.0. The van der Waals surface area contributed by atoms with E-state index in [1.54, 1.807) is 28.3 Å². The molecule has 8 heteroatoms. The summed E-state index contributed by atoms with van der Waals surface area (Å²) in [7, 11) is 2.13. The van der Waals surface area contributed by atoms with Gasteiger partial charge in [-0.1, -0.05) is 26.5 Å². The minimum absolute atomic E-state index is 0.316. The molecular formula is C17H32O7Si. The first-order valence-electron chi connectivity index (χ1n) is 8.09. The fourth-order valence-corrected chi connectivity index (χ4v) is 3.20. The highest BCUT2D eigenvalue weighted by Crippen LogP contribution is 2.14. The van der Waals surface area contributed by atoms with Gasteiger partial charge in [-0.2, -0.15) is 0 Å². The molecule has 0 aromatic rings. The fourth-order valence-electron chi connectivity index (χ4n) is 1.51. The Morgan fingerprint density at radius 2 is 1.52 bits per heavy atom. The van der Waals surface area contributed by atoms with E-state index in [1.807, 2.05) is 6.92 Å². The molecule has 25 heavy (non-hydrogen) atoms. The Hall–Kier alpha value is -1.48. The third kappa shape index (κ3) is 13.5. The van der Waals surface area contributed by atoms with Crippen molar-refractivity contribution in [2.24, 2.45) is 0 Å². The van der Waals surface area contributed by atoms with Crippen molar-refractivity contribution in [3.63, 3.8) is 0 Å². The van der Waals surface area contributed by atoms with E-state index in [-0.39, 0.29) is 11.9 Å². The molecule has 0 fully saturated rings. The van der Waals surface area contributed by atoms with Gasteiger partial charge in [0.1, 0.15) is 0 Å². The number of carbonyl (C=O) groups excluding carboxylic acids is 2. The number of rotatable bonds is 12. The molecule has 0 N–H and O–H groups in total. The summed E-state index contributed by atoms with van der Waals surface area (Å²) in [4.78, 5) is 21.4. The van der Waals surface area contributed by atoms with E-state index >= 15 is 0 Å². The molecule has 0 spiro atoms. The van der Waals surface area contributed by atoms with Crippen molar-refractivity contribution in [3.05, 3.63) is 24.8 Å². The lowest BCUT2D eigenvalue weighted by atomic mass is 10.4. The van der Waals surface area contributed by atoms with Gasteiger partial charge in [0.25, 0.3) is 0 Å². The van der Waals surface area contributed by atoms with Crippen LogP contribution < -0.4 is 0 Å². The average molecular weight is 377 g/mol. The molecular weight excluding hydrogens is 344 g/mol. The number of ether oxygens (including phenoxy) is 2. The summed E-state index contributed by atoms with van der Waals surface area (Å²) in [6.45, 7) is 11.2. The van der Waals surface area contributed by atoms with E-state index < -0.39 is 8.80 Å². The molecule has 0 saturated heterocycles. The van der Waals surface area contributed by atoms with Gasteiger partial charge in [-0.3, -0.25) is 0 Å². The van der Waals surface area contributed by atoms with Gasteiger partial charge in [0.15, 0.2) is 0 Å². The first-order valence-corrected chi connectivity index (χ1v) is 10.0. The molecule has 0 atom stereocenters. The summed E-state index contributed by atoms with van der Waals surface area (Å²) in [5, 5.41) is 0. The number of hydrogen-bond acceptors (Lipinski definition) is 7.